The molecule has 0 radical (unpaired) electrons. The highest BCUT2D eigenvalue weighted by molar-refractivity contribution is 9.10. The second kappa shape index (κ2) is 8.94. The van der Waals surface area contributed by atoms with Crippen LogP contribution in [0, 0.1) is 0 Å². The molecule has 1 amide bonds. The number of benzene rings is 1. The van der Waals surface area contributed by atoms with Crippen molar-refractivity contribution in [3.63, 3.8) is 0 Å². The van der Waals surface area contributed by atoms with Crippen molar-refractivity contribution in [3.05, 3.63) is 62.5 Å². The quantitative estimate of drug-likeness (QED) is 0.698. The van der Waals surface area contributed by atoms with E-state index in [9.17, 15) is 9.59 Å². The number of hydrogen-bond donors (Lipinski definition) is 0. The lowest BCUT2D eigenvalue weighted by Crippen LogP contribution is -2.36. The summed E-state index contributed by atoms with van der Waals surface area (Å²) in [6.45, 7) is 7.15. The molecule has 0 aliphatic heterocycles. The van der Waals surface area contributed by atoms with E-state index in [-0.39, 0.29) is 17.5 Å². The average molecular weight is 406 g/mol. The molecular weight excluding hydrogens is 382 g/mol. The third kappa shape index (κ3) is 4.57. The fourth-order valence-electron chi connectivity index (χ4n) is 2.78. The number of nitrogens with zero attached hydrogens (tertiary/aromatic N) is 3. The molecule has 6 heteroatoms. The van der Waals surface area contributed by atoms with Crippen LogP contribution in [0.2, 0.25) is 0 Å². The first-order chi connectivity index (χ1) is 12.0. The Hall–Kier alpha value is -1.95. The van der Waals surface area contributed by atoms with Gasteiger partial charge in [-0.25, -0.2) is 4.68 Å². The maximum Gasteiger partial charge on any atom is 0.274 e. The number of carbonyl (C=O) groups excluding carboxylic acids is 1. The average Bonchev–Trinajstić information content (AvgIpc) is 2.61. The van der Waals surface area contributed by atoms with Gasteiger partial charge in [0.25, 0.3) is 11.5 Å². The fraction of sp³-hybridized carbons (Fsp3) is 0.421. The molecule has 0 saturated heterocycles. The molecule has 0 aliphatic rings. The maximum atomic E-state index is 13.1. The van der Waals surface area contributed by atoms with Crippen LogP contribution in [0.15, 0.2) is 45.7 Å². The molecule has 0 spiro atoms. The molecule has 0 bridgehead atoms. The predicted molar refractivity (Wildman–Crippen MR) is 103 cm³/mol. The second-order valence-corrected chi connectivity index (χ2v) is 6.83. The summed E-state index contributed by atoms with van der Waals surface area (Å²) >= 11 is 3.56. The van der Waals surface area contributed by atoms with E-state index in [1.54, 1.807) is 0 Å². The highest BCUT2D eigenvalue weighted by Gasteiger charge is 2.24. The number of aromatic nitrogens is 2. The molecule has 0 fully saturated rings. The lowest BCUT2D eigenvalue weighted by Gasteiger charge is -2.29. The molecule has 0 aliphatic carbocycles. The van der Waals surface area contributed by atoms with Gasteiger partial charge in [-0.2, -0.15) is 5.10 Å². The molecule has 1 aromatic carbocycles. The Bertz CT molecular complexity index is 788. The number of hydrogen-bond acceptors (Lipinski definition) is 3. The summed E-state index contributed by atoms with van der Waals surface area (Å²) in [5, 5.41) is 4.26. The summed E-state index contributed by atoms with van der Waals surface area (Å²) in [4.78, 5) is 26.7. The Morgan fingerprint density at radius 1 is 1.20 bits per heavy atom. The first-order valence-electron chi connectivity index (χ1n) is 8.63. The highest BCUT2D eigenvalue weighted by atomic mass is 79.9. The zero-order valence-electron chi connectivity index (χ0n) is 14.9. The molecule has 25 heavy (non-hydrogen) atoms. The molecule has 1 atom stereocenters. The van der Waals surface area contributed by atoms with Crippen molar-refractivity contribution in [2.75, 3.05) is 6.54 Å². The number of aryl methyl sites for hydroxylation is 1. The first-order valence-corrected chi connectivity index (χ1v) is 9.42. The van der Waals surface area contributed by atoms with Crippen LogP contribution in [-0.2, 0) is 6.54 Å². The number of amides is 1. The van der Waals surface area contributed by atoms with Crippen molar-refractivity contribution >= 4 is 21.8 Å². The normalized spacial score (nSPS) is 12.0. The molecular formula is C19H24BrN3O2. The van der Waals surface area contributed by atoms with Crippen LogP contribution in [0.25, 0.3) is 0 Å². The van der Waals surface area contributed by atoms with Crippen LogP contribution in [-0.4, -0.2) is 27.1 Å². The Morgan fingerprint density at radius 2 is 1.92 bits per heavy atom. The van der Waals surface area contributed by atoms with Crippen LogP contribution in [0.4, 0.5) is 0 Å². The topological polar surface area (TPSA) is 55.2 Å². The molecule has 5 nitrogen and oxygen atoms in total. The van der Waals surface area contributed by atoms with E-state index in [0.717, 1.165) is 22.9 Å². The number of carbonyl (C=O) groups is 1. The summed E-state index contributed by atoms with van der Waals surface area (Å²) < 4.78 is 2.33. The zero-order valence-corrected chi connectivity index (χ0v) is 16.5. The van der Waals surface area contributed by atoms with Gasteiger partial charge in [-0.3, -0.25) is 9.59 Å². The predicted octanol–water partition coefficient (Wildman–Crippen LogP) is 4.03. The van der Waals surface area contributed by atoms with Gasteiger partial charge >= 0.3 is 0 Å². The molecule has 1 heterocycles. The summed E-state index contributed by atoms with van der Waals surface area (Å²) in [6.07, 6.45) is 1.63. The Labute approximate surface area is 156 Å². The maximum absolute atomic E-state index is 13.1. The molecule has 1 aromatic heterocycles. The summed E-state index contributed by atoms with van der Waals surface area (Å²) in [6, 6.07) is 10.7. The molecule has 2 aromatic rings. The zero-order chi connectivity index (χ0) is 18.4. The van der Waals surface area contributed by atoms with Crippen molar-refractivity contribution in [2.24, 2.45) is 0 Å². The van der Waals surface area contributed by atoms with Gasteiger partial charge in [-0.15, -0.1) is 0 Å². The minimum absolute atomic E-state index is 0.101. The van der Waals surface area contributed by atoms with Gasteiger partial charge < -0.3 is 4.90 Å². The summed E-state index contributed by atoms with van der Waals surface area (Å²) in [5.41, 5.74) is 1.17. The molecule has 2 rings (SSSR count). The van der Waals surface area contributed by atoms with Crippen LogP contribution in [0.1, 0.15) is 55.7 Å². The van der Waals surface area contributed by atoms with Gasteiger partial charge in [0.05, 0.1) is 6.04 Å². The fourth-order valence-corrected chi connectivity index (χ4v) is 3.39. The van der Waals surface area contributed by atoms with Gasteiger partial charge in [-0.05, 0) is 37.5 Å². The van der Waals surface area contributed by atoms with Crippen LogP contribution < -0.4 is 5.56 Å². The van der Waals surface area contributed by atoms with E-state index < -0.39 is 0 Å². The molecule has 0 saturated carbocycles. The van der Waals surface area contributed by atoms with E-state index in [1.807, 2.05) is 49.9 Å². The third-order valence-corrected chi connectivity index (χ3v) is 4.79. The van der Waals surface area contributed by atoms with Gasteiger partial charge in [0.2, 0.25) is 0 Å². The van der Waals surface area contributed by atoms with E-state index in [1.165, 1.54) is 16.8 Å². The minimum Gasteiger partial charge on any atom is -0.330 e. The SMILES string of the molecule is CCCN(C(=O)c1ccc(=O)n(CCC)n1)C(C)c1ccccc1Br. The second-order valence-electron chi connectivity index (χ2n) is 5.98. The van der Waals surface area contributed by atoms with Crippen molar-refractivity contribution in [1.82, 2.24) is 14.7 Å². The van der Waals surface area contributed by atoms with E-state index >= 15 is 0 Å². The standard InChI is InChI=1S/C19H24BrN3O2/c1-4-12-22(14(3)15-8-6-7-9-16(15)20)19(25)17-10-11-18(24)23(21-17)13-5-2/h6-11,14H,4-5,12-13H2,1-3H3. The highest BCUT2D eigenvalue weighted by Crippen LogP contribution is 2.28. The summed E-state index contributed by atoms with van der Waals surface area (Å²) in [5.74, 6) is -0.157. The summed E-state index contributed by atoms with van der Waals surface area (Å²) in [7, 11) is 0. The van der Waals surface area contributed by atoms with Crippen molar-refractivity contribution in [2.45, 2.75) is 46.2 Å². The van der Waals surface area contributed by atoms with Crippen molar-refractivity contribution in [1.29, 1.82) is 0 Å². The van der Waals surface area contributed by atoms with Crippen LogP contribution >= 0.6 is 15.9 Å². The van der Waals surface area contributed by atoms with E-state index in [0.29, 0.717) is 18.8 Å². The largest absolute Gasteiger partial charge is 0.330 e. The molecule has 1 unspecified atom stereocenters. The van der Waals surface area contributed by atoms with E-state index in [2.05, 4.69) is 21.0 Å². The Morgan fingerprint density at radius 3 is 2.56 bits per heavy atom. The monoisotopic (exact) mass is 405 g/mol. The lowest BCUT2D eigenvalue weighted by atomic mass is 10.1. The molecule has 134 valence electrons. The van der Waals surface area contributed by atoms with Crippen molar-refractivity contribution in [3.8, 4) is 0 Å². The number of halogens is 1. The molecule has 0 N–H and O–H groups in total. The Kier molecular flexibility index (Phi) is 6.93. The lowest BCUT2D eigenvalue weighted by molar-refractivity contribution is 0.0681. The van der Waals surface area contributed by atoms with E-state index in [4.69, 9.17) is 0 Å². The first kappa shape index (κ1) is 19.4. The van der Waals surface area contributed by atoms with Crippen LogP contribution in [0.3, 0.4) is 0 Å². The van der Waals surface area contributed by atoms with Crippen LogP contribution in [0.5, 0.6) is 0 Å². The minimum atomic E-state index is -0.181. The third-order valence-electron chi connectivity index (χ3n) is 4.07. The van der Waals surface area contributed by atoms with Gasteiger partial charge in [0.1, 0.15) is 5.69 Å². The van der Waals surface area contributed by atoms with Gasteiger partial charge in [-0.1, -0.05) is 48.0 Å². The smallest absolute Gasteiger partial charge is 0.274 e. The van der Waals surface area contributed by atoms with Gasteiger partial charge in [0.15, 0.2) is 0 Å². The van der Waals surface area contributed by atoms with Crippen molar-refractivity contribution < 1.29 is 4.79 Å². The number of rotatable bonds is 7. The van der Waals surface area contributed by atoms with Gasteiger partial charge in [0, 0.05) is 23.6 Å². The Balaban J connectivity index is 2.36.